The van der Waals surface area contributed by atoms with Crippen molar-refractivity contribution in [3.05, 3.63) is 29.6 Å². The summed E-state index contributed by atoms with van der Waals surface area (Å²) in [5.41, 5.74) is 0.925. The number of rotatable bonds is 7. The number of aliphatic imine (C=N–C) groups is 1. The summed E-state index contributed by atoms with van der Waals surface area (Å²) in [6, 6.07) is 5.10. The first-order chi connectivity index (χ1) is 15.0. The number of piperazine rings is 1. The zero-order valence-electron chi connectivity index (χ0n) is 18.8. The van der Waals surface area contributed by atoms with Crippen LogP contribution < -0.4 is 10.1 Å². The minimum absolute atomic E-state index is 0.0309. The SMILES string of the molecule is COc1ccc(CN2CCN(C(=NCC(=O)N(C)C)NCC3CCCO3)CC2)cc1F. The normalized spacial score (nSPS) is 20.1. The van der Waals surface area contributed by atoms with Crippen molar-refractivity contribution in [3.8, 4) is 5.75 Å². The Morgan fingerprint density at radius 2 is 2.10 bits per heavy atom. The topological polar surface area (TPSA) is 69.6 Å². The van der Waals surface area contributed by atoms with Gasteiger partial charge in [-0.15, -0.1) is 0 Å². The number of nitrogens with one attached hydrogen (secondary N) is 1. The van der Waals surface area contributed by atoms with Crippen LogP contribution >= 0.6 is 0 Å². The fraction of sp³-hybridized carbons (Fsp3) is 0.636. The lowest BCUT2D eigenvalue weighted by Gasteiger charge is -2.37. The van der Waals surface area contributed by atoms with E-state index in [-0.39, 0.29) is 30.1 Å². The number of hydrogen-bond acceptors (Lipinski definition) is 5. The van der Waals surface area contributed by atoms with Crippen LogP contribution in [-0.2, 0) is 16.1 Å². The fourth-order valence-electron chi connectivity index (χ4n) is 3.75. The van der Waals surface area contributed by atoms with Crippen LogP contribution in [0.1, 0.15) is 18.4 Å². The van der Waals surface area contributed by atoms with Gasteiger partial charge in [0.25, 0.3) is 0 Å². The molecule has 2 fully saturated rings. The largest absolute Gasteiger partial charge is 0.494 e. The average molecular weight is 436 g/mol. The highest BCUT2D eigenvalue weighted by atomic mass is 19.1. The van der Waals surface area contributed by atoms with E-state index in [2.05, 4.69) is 20.1 Å². The van der Waals surface area contributed by atoms with Gasteiger partial charge in [0.15, 0.2) is 17.5 Å². The van der Waals surface area contributed by atoms with Gasteiger partial charge >= 0.3 is 0 Å². The molecule has 0 saturated carbocycles. The van der Waals surface area contributed by atoms with Crippen LogP contribution in [0.3, 0.4) is 0 Å². The molecule has 31 heavy (non-hydrogen) atoms. The predicted molar refractivity (Wildman–Crippen MR) is 118 cm³/mol. The van der Waals surface area contributed by atoms with Gasteiger partial charge in [-0.1, -0.05) is 6.07 Å². The van der Waals surface area contributed by atoms with Gasteiger partial charge in [-0.05, 0) is 30.5 Å². The molecule has 3 rings (SSSR count). The van der Waals surface area contributed by atoms with Crippen LogP contribution in [0.15, 0.2) is 23.2 Å². The van der Waals surface area contributed by atoms with Gasteiger partial charge in [0.05, 0.1) is 13.2 Å². The highest BCUT2D eigenvalue weighted by Crippen LogP contribution is 2.19. The minimum atomic E-state index is -0.336. The van der Waals surface area contributed by atoms with Crippen molar-refractivity contribution in [1.29, 1.82) is 0 Å². The lowest BCUT2D eigenvalue weighted by molar-refractivity contribution is -0.127. The fourth-order valence-corrected chi connectivity index (χ4v) is 3.75. The van der Waals surface area contributed by atoms with Gasteiger partial charge < -0.3 is 24.6 Å². The van der Waals surface area contributed by atoms with E-state index in [9.17, 15) is 9.18 Å². The molecule has 1 aromatic carbocycles. The molecule has 2 aliphatic rings. The molecule has 1 atom stereocenters. The Morgan fingerprint density at radius 1 is 1.32 bits per heavy atom. The summed E-state index contributed by atoms with van der Waals surface area (Å²) in [5.74, 6) is 0.647. The Hall–Kier alpha value is -2.39. The summed E-state index contributed by atoms with van der Waals surface area (Å²) in [6.07, 6.45) is 2.33. The third-order valence-corrected chi connectivity index (χ3v) is 5.67. The van der Waals surface area contributed by atoms with E-state index >= 15 is 0 Å². The number of amides is 1. The number of guanidine groups is 1. The van der Waals surface area contributed by atoms with E-state index < -0.39 is 0 Å². The number of benzene rings is 1. The number of methoxy groups -OCH3 is 1. The van der Waals surface area contributed by atoms with Crippen molar-refractivity contribution in [2.75, 3.05) is 67.1 Å². The van der Waals surface area contributed by atoms with Crippen LogP contribution in [0.4, 0.5) is 4.39 Å². The molecule has 0 spiro atoms. The molecule has 2 aliphatic heterocycles. The van der Waals surface area contributed by atoms with E-state index in [0.717, 1.165) is 57.2 Å². The highest BCUT2D eigenvalue weighted by Gasteiger charge is 2.22. The molecule has 0 aliphatic carbocycles. The Labute approximate surface area is 184 Å². The molecule has 1 aromatic rings. The number of nitrogens with zero attached hydrogens (tertiary/aromatic N) is 4. The molecule has 0 bridgehead atoms. The summed E-state index contributed by atoms with van der Waals surface area (Å²) in [4.78, 5) is 22.6. The summed E-state index contributed by atoms with van der Waals surface area (Å²) in [6.45, 7) is 5.53. The van der Waals surface area contributed by atoms with Crippen LogP contribution in [-0.4, -0.2) is 99.8 Å². The number of likely N-dealkylation sites (N-methyl/N-ethyl adjacent to an activating group) is 1. The van der Waals surface area contributed by atoms with Gasteiger partial charge in [-0.25, -0.2) is 9.38 Å². The summed E-state index contributed by atoms with van der Waals surface area (Å²) in [7, 11) is 4.94. The Kier molecular flexibility index (Phi) is 8.48. The quantitative estimate of drug-likeness (QED) is 0.512. The van der Waals surface area contributed by atoms with Crippen molar-refractivity contribution < 1.29 is 18.7 Å². The third-order valence-electron chi connectivity index (χ3n) is 5.67. The smallest absolute Gasteiger partial charge is 0.243 e. The average Bonchev–Trinajstić information content (AvgIpc) is 3.28. The van der Waals surface area contributed by atoms with Gasteiger partial charge in [0, 0.05) is 60.0 Å². The van der Waals surface area contributed by atoms with E-state index in [1.807, 2.05) is 6.07 Å². The maximum absolute atomic E-state index is 14.0. The van der Waals surface area contributed by atoms with Crippen molar-refractivity contribution in [3.63, 3.8) is 0 Å². The van der Waals surface area contributed by atoms with E-state index in [1.165, 1.54) is 13.2 Å². The Morgan fingerprint density at radius 3 is 2.71 bits per heavy atom. The monoisotopic (exact) mass is 435 g/mol. The third kappa shape index (κ3) is 6.80. The van der Waals surface area contributed by atoms with Crippen LogP contribution in [0.2, 0.25) is 0 Å². The molecule has 0 aromatic heterocycles. The second kappa shape index (κ2) is 11.3. The van der Waals surface area contributed by atoms with E-state index in [4.69, 9.17) is 9.47 Å². The van der Waals surface area contributed by atoms with Crippen molar-refractivity contribution in [2.45, 2.75) is 25.5 Å². The lowest BCUT2D eigenvalue weighted by atomic mass is 10.2. The molecule has 1 unspecified atom stereocenters. The molecule has 1 amide bonds. The molecule has 8 nitrogen and oxygen atoms in total. The van der Waals surface area contributed by atoms with Gasteiger partial charge in [-0.2, -0.15) is 0 Å². The molecule has 0 radical (unpaired) electrons. The minimum Gasteiger partial charge on any atom is -0.494 e. The summed E-state index contributed by atoms with van der Waals surface area (Å²) in [5, 5.41) is 3.41. The molecule has 2 heterocycles. The van der Waals surface area contributed by atoms with Crippen LogP contribution in [0.5, 0.6) is 5.75 Å². The maximum atomic E-state index is 14.0. The van der Waals surface area contributed by atoms with Gasteiger partial charge in [-0.3, -0.25) is 9.69 Å². The summed E-state index contributed by atoms with van der Waals surface area (Å²) >= 11 is 0. The van der Waals surface area contributed by atoms with Gasteiger partial charge in [0.2, 0.25) is 5.91 Å². The second-order valence-electron chi connectivity index (χ2n) is 8.18. The number of carbonyl (C=O) groups excluding carboxylic acids is 1. The zero-order valence-corrected chi connectivity index (χ0v) is 18.8. The molecular weight excluding hydrogens is 401 g/mol. The molecule has 172 valence electrons. The van der Waals surface area contributed by atoms with Crippen molar-refractivity contribution >= 4 is 11.9 Å². The zero-order chi connectivity index (χ0) is 22.2. The first-order valence-corrected chi connectivity index (χ1v) is 10.9. The number of hydrogen-bond donors (Lipinski definition) is 1. The predicted octanol–water partition coefficient (Wildman–Crippen LogP) is 1.16. The first kappa shape index (κ1) is 23.3. The highest BCUT2D eigenvalue weighted by molar-refractivity contribution is 5.85. The van der Waals surface area contributed by atoms with Crippen molar-refractivity contribution in [2.24, 2.45) is 4.99 Å². The van der Waals surface area contributed by atoms with Crippen LogP contribution in [0.25, 0.3) is 0 Å². The molecule has 9 heteroatoms. The lowest BCUT2D eigenvalue weighted by Crippen LogP contribution is -2.53. The Bertz CT molecular complexity index is 760. The second-order valence-corrected chi connectivity index (χ2v) is 8.18. The molecule has 2 saturated heterocycles. The van der Waals surface area contributed by atoms with E-state index in [1.54, 1.807) is 25.1 Å². The standard InChI is InChI=1S/C22H34FN5O3/c1-26(2)21(29)15-25-22(24-14-18-5-4-12-31-18)28-10-8-27(9-11-28)16-17-6-7-20(30-3)19(23)13-17/h6-7,13,18H,4-5,8-12,14-16H2,1-3H3,(H,24,25). The van der Waals surface area contributed by atoms with E-state index in [0.29, 0.717) is 13.1 Å². The number of carbonyl (C=O) groups is 1. The molecular formula is C22H34FN5O3. The number of ether oxygens (including phenoxy) is 2. The number of halogens is 1. The van der Waals surface area contributed by atoms with Crippen LogP contribution in [0, 0.1) is 5.82 Å². The summed E-state index contributed by atoms with van der Waals surface area (Å²) < 4.78 is 24.7. The Balaban J connectivity index is 1.56. The first-order valence-electron chi connectivity index (χ1n) is 10.9. The van der Waals surface area contributed by atoms with Gasteiger partial charge in [0.1, 0.15) is 6.54 Å². The maximum Gasteiger partial charge on any atom is 0.243 e. The van der Waals surface area contributed by atoms with Crippen molar-refractivity contribution in [1.82, 2.24) is 20.0 Å². The molecule has 1 N–H and O–H groups in total.